The lowest BCUT2D eigenvalue weighted by molar-refractivity contribution is 0.0693. The third-order valence-corrected chi connectivity index (χ3v) is 4.88. The Labute approximate surface area is 126 Å². The molecule has 3 nitrogen and oxygen atoms in total. The average molecular weight is 344 g/mol. The molecule has 0 aliphatic carbocycles. The van der Waals surface area contributed by atoms with Gasteiger partial charge in [-0.15, -0.1) is 11.8 Å². The van der Waals surface area contributed by atoms with Crippen molar-refractivity contribution in [2.75, 3.05) is 25.4 Å². The van der Waals surface area contributed by atoms with Gasteiger partial charge in [0.15, 0.2) is 0 Å². The van der Waals surface area contributed by atoms with Crippen LogP contribution in [0.3, 0.4) is 0 Å². The number of nitrogens with zero attached hydrogens (tertiary/aromatic N) is 1. The largest absolute Gasteiger partial charge is 0.478 e. The molecule has 2 rings (SSSR count). The predicted octanol–water partition coefficient (Wildman–Crippen LogP) is 3.73. The van der Waals surface area contributed by atoms with Crippen LogP contribution in [-0.2, 0) is 0 Å². The number of likely N-dealkylation sites (tertiary alicyclic amines) is 1. The van der Waals surface area contributed by atoms with Crippen molar-refractivity contribution in [2.45, 2.75) is 24.2 Å². The van der Waals surface area contributed by atoms with Gasteiger partial charge in [-0.1, -0.05) is 15.9 Å². The van der Waals surface area contributed by atoms with Crippen LogP contribution in [0.4, 0.5) is 0 Å². The van der Waals surface area contributed by atoms with Crippen molar-refractivity contribution in [1.82, 2.24) is 4.90 Å². The SMILES string of the molecule is O=C(O)c1ccc(Br)cc1SCCCN1CCCC1. The Kier molecular flexibility index (Phi) is 5.73. The second-order valence-electron chi connectivity index (χ2n) is 4.70. The summed E-state index contributed by atoms with van der Waals surface area (Å²) in [5.74, 6) is 0.113. The van der Waals surface area contributed by atoms with Crippen molar-refractivity contribution in [3.63, 3.8) is 0 Å². The van der Waals surface area contributed by atoms with E-state index in [4.69, 9.17) is 5.11 Å². The number of carboxylic acid groups (broad SMARTS) is 1. The summed E-state index contributed by atoms with van der Waals surface area (Å²) >= 11 is 5.03. The van der Waals surface area contributed by atoms with Gasteiger partial charge in [0.1, 0.15) is 0 Å². The molecule has 0 unspecified atom stereocenters. The lowest BCUT2D eigenvalue weighted by Gasteiger charge is -2.14. The van der Waals surface area contributed by atoms with E-state index < -0.39 is 5.97 Å². The first kappa shape index (κ1) is 14.9. The van der Waals surface area contributed by atoms with Crippen molar-refractivity contribution in [3.05, 3.63) is 28.2 Å². The Morgan fingerprint density at radius 1 is 1.37 bits per heavy atom. The van der Waals surface area contributed by atoms with Gasteiger partial charge in [0, 0.05) is 9.37 Å². The van der Waals surface area contributed by atoms with Gasteiger partial charge in [-0.25, -0.2) is 4.79 Å². The highest BCUT2D eigenvalue weighted by Crippen LogP contribution is 2.27. The second kappa shape index (κ2) is 7.31. The molecule has 0 spiro atoms. The molecule has 5 heteroatoms. The molecule has 19 heavy (non-hydrogen) atoms. The van der Waals surface area contributed by atoms with E-state index in [-0.39, 0.29) is 0 Å². The van der Waals surface area contributed by atoms with Gasteiger partial charge >= 0.3 is 5.97 Å². The van der Waals surface area contributed by atoms with Crippen LogP contribution in [0.5, 0.6) is 0 Å². The molecule has 0 amide bonds. The Morgan fingerprint density at radius 3 is 2.79 bits per heavy atom. The molecule has 1 aromatic carbocycles. The van der Waals surface area contributed by atoms with E-state index in [1.807, 2.05) is 6.07 Å². The zero-order valence-corrected chi connectivity index (χ0v) is 13.2. The number of thioether (sulfide) groups is 1. The number of hydrogen-bond donors (Lipinski definition) is 1. The van der Waals surface area contributed by atoms with Crippen LogP contribution in [0.2, 0.25) is 0 Å². The molecule has 1 aromatic rings. The van der Waals surface area contributed by atoms with Crippen molar-refractivity contribution in [3.8, 4) is 0 Å². The molecule has 0 aromatic heterocycles. The number of carbonyl (C=O) groups is 1. The summed E-state index contributed by atoms with van der Waals surface area (Å²) in [5.41, 5.74) is 0.398. The van der Waals surface area contributed by atoms with Gasteiger partial charge in [0.05, 0.1) is 5.56 Å². The van der Waals surface area contributed by atoms with Crippen LogP contribution in [0.25, 0.3) is 0 Å². The summed E-state index contributed by atoms with van der Waals surface area (Å²) in [7, 11) is 0. The molecule has 104 valence electrons. The van der Waals surface area contributed by atoms with Crippen molar-refractivity contribution >= 4 is 33.7 Å². The smallest absolute Gasteiger partial charge is 0.336 e. The van der Waals surface area contributed by atoms with Crippen molar-refractivity contribution in [1.29, 1.82) is 0 Å². The third-order valence-electron chi connectivity index (χ3n) is 3.25. The van der Waals surface area contributed by atoms with Crippen LogP contribution < -0.4 is 0 Å². The van der Waals surface area contributed by atoms with Gasteiger partial charge in [-0.05, 0) is 62.8 Å². The highest BCUT2D eigenvalue weighted by molar-refractivity contribution is 9.10. The number of hydrogen-bond acceptors (Lipinski definition) is 3. The van der Waals surface area contributed by atoms with Gasteiger partial charge in [-0.2, -0.15) is 0 Å². The summed E-state index contributed by atoms with van der Waals surface area (Å²) in [6.07, 6.45) is 3.75. The number of carboxylic acids is 1. The normalized spacial score (nSPS) is 15.8. The Balaban J connectivity index is 1.84. The molecule has 0 bridgehead atoms. The van der Waals surface area contributed by atoms with E-state index in [0.717, 1.165) is 28.1 Å². The van der Waals surface area contributed by atoms with Crippen LogP contribution in [-0.4, -0.2) is 41.4 Å². The summed E-state index contributed by atoms with van der Waals surface area (Å²) in [5, 5.41) is 9.15. The molecule has 0 radical (unpaired) electrons. The fourth-order valence-electron chi connectivity index (χ4n) is 2.27. The quantitative estimate of drug-likeness (QED) is 0.631. The first-order chi connectivity index (χ1) is 9.16. The monoisotopic (exact) mass is 343 g/mol. The molecular formula is C14H18BrNO2S. The van der Waals surface area contributed by atoms with Gasteiger partial charge in [-0.3, -0.25) is 0 Å². The molecule has 1 heterocycles. The minimum Gasteiger partial charge on any atom is -0.478 e. The summed E-state index contributed by atoms with van der Waals surface area (Å²) in [4.78, 5) is 14.5. The van der Waals surface area contributed by atoms with Crippen molar-refractivity contribution < 1.29 is 9.90 Å². The topological polar surface area (TPSA) is 40.5 Å². The summed E-state index contributed by atoms with van der Waals surface area (Å²) in [6, 6.07) is 5.33. The van der Waals surface area contributed by atoms with Crippen LogP contribution in [0.1, 0.15) is 29.6 Å². The molecule has 1 fully saturated rings. The van der Waals surface area contributed by atoms with E-state index in [0.29, 0.717) is 5.56 Å². The van der Waals surface area contributed by atoms with E-state index >= 15 is 0 Å². The molecule has 1 N–H and O–H groups in total. The van der Waals surface area contributed by atoms with Crippen LogP contribution in [0.15, 0.2) is 27.6 Å². The van der Waals surface area contributed by atoms with Crippen LogP contribution >= 0.6 is 27.7 Å². The standard InChI is InChI=1S/C14H18BrNO2S/c15-11-4-5-12(14(17)18)13(10-11)19-9-3-8-16-6-1-2-7-16/h4-5,10H,1-3,6-9H2,(H,17,18). The fraction of sp³-hybridized carbons (Fsp3) is 0.500. The average Bonchev–Trinajstić information content (AvgIpc) is 2.87. The third kappa shape index (κ3) is 4.51. The van der Waals surface area contributed by atoms with Gasteiger partial charge in [0.2, 0.25) is 0 Å². The van der Waals surface area contributed by atoms with Gasteiger partial charge < -0.3 is 10.0 Å². The minimum atomic E-state index is -0.852. The number of aromatic carboxylic acids is 1. The summed E-state index contributed by atoms with van der Waals surface area (Å²) in [6.45, 7) is 3.58. The van der Waals surface area contributed by atoms with E-state index in [1.54, 1.807) is 23.9 Å². The maximum Gasteiger partial charge on any atom is 0.336 e. The molecule has 1 aliphatic heterocycles. The zero-order valence-electron chi connectivity index (χ0n) is 10.8. The summed E-state index contributed by atoms with van der Waals surface area (Å²) < 4.78 is 0.930. The molecule has 1 saturated heterocycles. The lowest BCUT2D eigenvalue weighted by atomic mass is 10.2. The zero-order chi connectivity index (χ0) is 13.7. The highest BCUT2D eigenvalue weighted by atomic mass is 79.9. The highest BCUT2D eigenvalue weighted by Gasteiger charge is 2.12. The predicted molar refractivity (Wildman–Crippen MR) is 82.1 cm³/mol. The maximum absolute atomic E-state index is 11.1. The number of rotatable bonds is 6. The van der Waals surface area contributed by atoms with Crippen molar-refractivity contribution in [2.24, 2.45) is 0 Å². The van der Waals surface area contributed by atoms with E-state index in [9.17, 15) is 4.79 Å². The maximum atomic E-state index is 11.1. The lowest BCUT2D eigenvalue weighted by Crippen LogP contribution is -2.20. The Bertz CT molecular complexity index is 447. The number of benzene rings is 1. The number of halogens is 1. The van der Waals surface area contributed by atoms with Crippen LogP contribution in [0, 0.1) is 0 Å². The fourth-order valence-corrected chi connectivity index (χ4v) is 3.80. The second-order valence-corrected chi connectivity index (χ2v) is 6.75. The first-order valence-electron chi connectivity index (χ1n) is 6.55. The Hall–Kier alpha value is -0.520. The van der Waals surface area contributed by atoms with E-state index in [1.165, 1.54) is 25.9 Å². The van der Waals surface area contributed by atoms with Gasteiger partial charge in [0.25, 0.3) is 0 Å². The molecule has 1 aliphatic rings. The Morgan fingerprint density at radius 2 is 2.11 bits per heavy atom. The molecule has 0 saturated carbocycles. The first-order valence-corrected chi connectivity index (χ1v) is 8.32. The minimum absolute atomic E-state index is 0.398. The molecule has 0 atom stereocenters. The van der Waals surface area contributed by atoms with E-state index in [2.05, 4.69) is 20.8 Å². The molecular weight excluding hydrogens is 326 g/mol.